The van der Waals surface area contributed by atoms with Crippen molar-refractivity contribution < 1.29 is 9.59 Å². The number of nitrogens with one attached hydrogen (secondary N) is 1. The van der Waals surface area contributed by atoms with Gasteiger partial charge in [0.1, 0.15) is 0 Å². The molecular formula is C25H33N3O2. The number of pyridine rings is 1. The van der Waals surface area contributed by atoms with E-state index in [1.165, 1.54) is 25.7 Å². The van der Waals surface area contributed by atoms with Crippen LogP contribution in [0.25, 0.3) is 10.9 Å². The second kappa shape index (κ2) is 9.15. The summed E-state index contributed by atoms with van der Waals surface area (Å²) < 4.78 is 0. The average molecular weight is 408 g/mol. The van der Waals surface area contributed by atoms with Gasteiger partial charge >= 0.3 is 0 Å². The molecule has 5 nitrogen and oxygen atoms in total. The molecule has 0 spiro atoms. The first-order chi connectivity index (χ1) is 14.5. The SMILES string of the molecule is CC(C)NC(=O)c1cc([C@H]2CCN(C(=O)CCC3CCCC3)C2)nc2ccccc12. The van der Waals surface area contributed by atoms with E-state index in [-0.39, 0.29) is 23.8 Å². The Labute approximate surface area is 179 Å². The lowest BCUT2D eigenvalue weighted by Gasteiger charge is -2.18. The molecule has 1 atom stereocenters. The summed E-state index contributed by atoms with van der Waals surface area (Å²) >= 11 is 0. The van der Waals surface area contributed by atoms with Gasteiger partial charge in [-0.05, 0) is 44.7 Å². The molecule has 1 aliphatic carbocycles. The molecule has 0 bridgehead atoms. The first-order valence-corrected chi connectivity index (χ1v) is 11.5. The number of hydrogen-bond donors (Lipinski definition) is 1. The van der Waals surface area contributed by atoms with Crippen LogP contribution in [0.3, 0.4) is 0 Å². The van der Waals surface area contributed by atoms with Crippen LogP contribution in [0.15, 0.2) is 30.3 Å². The van der Waals surface area contributed by atoms with Gasteiger partial charge in [0.05, 0.1) is 11.1 Å². The van der Waals surface area contributed by atoms with E-state index < -0.39 is 0 Å². The summed E-state index contributed by atoms with van der Waals surface area (Å²) in [6.07, 6.45) is 7.84. The molecule has 1 aromatic carbocycles. The van der Waals surface area contributed by atoms with Crippen molar-refractivity contribution in [2.24, 2.45) is 5.92 Å². The normalized spacial score (nSPS) is 19.7. The van der Waals surface area contributed by atoms with Crippen molar-refractivity contribution in [3.63, 3.8) is 0 Å². The van der Waals surface area contributed by atoms with Crippen molar-refractivity contribution in [3.8, 4) is 0 Å². The molecule has 0 unspecified atom stereocenters. The van der Waals surface area contributed by atoms with E-state index in [9.17, 15) is 9.59 Å². The Kier molecular flexibility index (Phi) is 6.35. The van der Waals surface area contributed by atoms with E-state index in [2.05, 4.69) is 5.32 Å². The molecule has 1 saturated heterocycles. The highest BCUT2D eigenvalue weighted by Gasteiger charge is 2.29. The zero-order chi connectivity index (χ0) is 21.1. The molecule has 1 saturated carbocycles. The van der Waals surface area contributed by atoms with E-state index in [1.54, 1.807) is 0 Å². The molecule has 2 fully saturated rings. The van der Waals surface area contributed by atoms with E-state index >= 15 is 0 Å². The van der Waals surface area contributed by atoms with Crippen molar-refractivity contribution in [3.05, 3.63) is 41.6 Å². The number of amides is 2. The average Bonchev–Trinajstić information content (AvgIpc) is 3.43. The first-order valence-electron chi connectivity index (χ1n) is 11.5. The lowest BCUT2D eigenvalue weighted by molar-refractivity contribution is -0.130. The third-order valence-corrected chi connectivity index (χ3v) is 6.60. The Hall–Kier alpha value is -2.43. The van der Waals surface area contributed by atoms with Gasteiger partial charge in [0.15, 0.2) is 0 Å². The Balaban J connectivity index is 1.49. The molecule has 0 radical (unpaired) electrons. The number of benzene rings is 1. The maximum Gasteiger partial charge on any atom is 0.252 e. The number of carbonyl (C=O) groups is 2. The summed E-state index contributed by atoms with van der Waals surface area (Å²) in [6.45, 7) is 5.43. The number of fused-ring (bicyclic) bond motifs is 1. The van der Waals surface area contributed by atoms with E-state index in [0.29, 0.717) is 18.5 Å². The van der Waals surface area contributed by atoms with Crippen LogP contribution in [0.1, 0.15) is 80.8 Å². The highest BCUT2D eigenvalue weighted by Crippen LogP contribution is 2.32. The van der Waals surface area contributed by atoms with Crippen molar-refractivity contribution in [1.82, 2.24) is 15.2 Å². The zero-order valence-corrected chi connectivity index (χ0v) is 18.2. The number of likely N-dealkylation sites (tertiary alicyclic amines) is 1. The van der Waals surface area contributed by atoms with Crippen molar-refractivity contribution >= 4 is 22.7 Å². The lowest BCUT2D eigenvalue weighted by Crippen LogP contribution is -2.30. The first kappa shape index (κ1) is 20.8. The fourth-order valence-corrected chi connectivity index (χ4v) is 4.95. The van der Waals surface area contributed by atoms with Crippen molar-refractivity contribution in [2.75, 3.05) is 13.1 Å². The topological polar surface area (TPSA) is 62.3 Å². The Morgan fingerprint density at radius 3 is 2.70 bits per heavy atom. The standard InChI is InChI=1S/C25H33N3O2/c1-17(2)26-25(30)21-15-23(27-22-10-6-5-9-20(21)22)19-13-14-28(16-19)24(29)12-11-18-7-3-4-8-18/h5-6,9-10,15,17-19H,3-4,7-8,11-14,16H2,1-2H3,(H,26,30)/t19-/m0/s1. The number of para-hydroxylation sites is 1. The molecule has 1 N–H and O–H groups in total. The third kappa shape index (κ3) is 4.66. The summed E-state index contributed by atoms with van der Waals surface area (Å²) in [5.41, 5.74) is 2.44. The minimum absolute atomic E-state index is 0.0626. The number of hydrogen-bond acceptors (Lipinski definition) is 3. The Bertz CT molecular complexity index is 918. The maximum atomic E-state index is 12.8. The summed E-state index contributed by atoms with van der Waals surface area (Å²) in [5.74, 6) is 1.16. The smallest absolute Gasteiger partial charge is 0.252 e. The van der Waals surface area contributed by atoms with Gasteiger partial charge in [0.2, 0.25) is 5.91 Å². The second-order valence-electron chi connectivity index (χ2n) is 9.25. The quantitative estimate of drug-likeness (QED) is 0.758. The predicted octanol–water partition coefficient (Wildman–Crippen LogP) is 4.66. The second-order valence-corrected chi connectivity index (χ2v) is 9.25. The van der Waals surface area contributed by atoms with Crippen molar-refractivity contribution in [2.45, 2.75) is 70.8 Å². The molecule has 2 aliphatic rings. The summed E-state index contributed by atoms with van der Waals surface area (Å²) in [7, 11) is 0. The van der Waals surface area contributed by atoms with Gasteiger partial charge in [-0.25, -0.2) is 0 Å². The summed E-state index contributed by atoms with van der Waals surface area (Å²) in [4.78, 5) is 32.4. The Morgan fingerprint density at radius 1 is 1.17 bits per heavy atom. The predicted molar refractivity (Wildman–Crippen MR) is 119 cm³/mol. The summed E-state index contributed by atoms with van der Waals surface area (Å²) in [6, 6.07) is 9.83. The number of carbonyl (C=O) groups excluding carboxylic acids is 2. The van der Waals surface area contributed by atoms with Crippen LogP contribution < -0.4 is 5.32 Å². The van der Waals surface area contributed by atoms with Gasteiger partial charge in [-0.15, -0.1) is 0 Å². The van der Waals surface area contributed by atoms with E-state index in [4.69, 9.17) is 4.98 Å². The van der Waals surface area contributed by atoms with Crippen LogP contribution in [0.2, 0.25) is 0 Å². The molecule has 2 aromatic rings. The monoisotopic (exact) mass is 407 g/mol. The molecule has 1 aromatic heterocycles. The van der Waals surface area contributed by atoms with Gasteiger partial charge < -0.3 is 10.2 Å². The van der Waals surface area contributed by atoms with Crippen LogP contribution in [0.4, 0.5) is 0 Å². The minimum atomic E-state index is -0.0626. The van der Waals surface area contributed by atoms with Crippen LogP contribution in [0, 0.1) is 5.92 Å². The third-order valence-electron chi connectivity index (χ3n) is 6.60. The van der Waals surface area contributed by atoms with Gasteiger partial charge in [-0.2, -0.15) is 0 Å². The minimum Gasteiger partial charge on any atom is -0.350 e. The molecule has 2 amide bonds. The van der Waals surface area contributed by atoms with Crippen LogP contribution in [0.5, 0.6) is 0 Å². The van der Waals surface area contributed by atoms with Gasteiger partial charge in [-0.1, -0.05) is 43.9 Å². The molecule has 2 heterocycles. The fraction of sp³-hybridized carbons (Fsp3) is 0.560. The number of rotatable bonds is 6. The lowest BCUT2D eigenvalue weighted by atomic mass is 9.99. The largest absolute Gasteiger partial charge is 0.350 e. The molecule has 30 heavy (non-hydrogen) atoms. The van der Waals surface area contributed by atoms with Crippen LogP contribution in [-0.2, 0) is 4.79 Å². The molecule has 4 rings (SSSR count). The zero-order valence-electron chi connectivity index (χ0n) is 18.2. The molecular weight excluding hydrogens is 374 g/mol. The molecule has 5 heteroatoms. The van der Waals surface area contributed by atoms with Crippen LogP contribution in [-0.4, -0.2) is 40.8 Å². The van der Waals surface area contributed by atoms with Crippen molar-refractivity contribution in [1.29, 1.82) is 0 Å². The number of nitrogens with zero attached hydrogens (tertiary/aromatic N) is 2. The Morgan fingerprint density at radius 2 is 1.93 bits per heavy atom. The highest BCUT2D eigenvalue weighted by molar-refractivity contribution is 6.06. The fourth-order valence-electron chi connectivity index (χ4n) is 4.95. The highest BCUT2D eigenvalue weighted by atomic mass is 16.2. The van der Waals surface area contributed by atoms with Gasteiger partial charge in [0.25, 0.3) is 5.91 Å². The summed E-state index contributed by atoms with van der Waals surface area (Å²) in [5, 5.41) is 3.88. The number of aromatic nitrogens is 1. The van der Waals surface area contributed by atoms with Crippen LogP contribution >= 0.6 is 0 Å². The molecule has 160 valence electrons. The van der Waals surface area contributed by atoms with E-state index in [1.807, 2.05) is 49.1 Å². The molecule has 1 aliphatic heterocycles. The van der Waals surface area contributed by atoms with Gasteiger partial charge in [0, 0.05) is 42.6 Å². The van der Waals surface area contributed by atoms with Gasteiger partial charge in [-0.3, -0.25) is 14.6 Å². The van der Waals surface area contributed by atoms with E-state index in [0.717, 1.165) is 41.9 Å². The maximum absolute atomic E-state index is 12.8.